The number of hydrogen-bond donors (Lipinski definition) is 1. The third kappa shape index (κ3) is 3.20. The maximum absolute atomic E-state index is 13.2. The lowest BCUT2D eigenvalue weighted by Gasteiger charge is -2.44. The highest BCUT2D eigenvalue weighted by atomic mass is 79.9. The zero-order valence-corrected chi connectivity index (χ0v) is 17.9. The van der Waals surface area contributed by atoms with Crippen LogP contribution in [0.3, 0.4) is 0 Å². The fourth-order valence-electron chi connectivity index (χ4n) is 4.81. The van der Waals surface area contributed by atoms with Crippen molar-refractivity contribution in [3.05, 3.63) is 51.0 Å². The number of rotatable bonds is 1. The Bertz CT molecular complexity index is 872. The van der Waals surface area contributed by atoms with E-state index in [0.29, 0.717) is 17.4 Å². The monoisotopic (exact) mass is 428 g/mol. The molecule has 0 spiro atoms. The first-order chi connectivity index (χ1) is 12.6. The zero-order chi connectivity index (χ0) is 19.6. The number of halogens is 1. The molecule has 5 heteroatoms. The minimum absolute atomic E-state index is 0.0775. The predicted octanol–water partition coefficient (Wildman–Crippen LogP) is 4.82. The first-order valence-electron chi connectivity index (χ1n) is 9.48. The van der Waals surface area contributed by atoms with Crippen LogP contribution in [0.1, 0.15) is 64.9 Å². The zero-order valence-electron chi connectivity index (χ0n) is 16.3. The van der Waals surface area contributed by atoms with Crippen molar-refractivity contribution in [2.45, 2.75) is 59.3 Å². The van der Waals surface area contributed by atoms with Crippen molar-refractivity contribution in [3.63, 3.8) is 0 Å². The minimum Gasteiger partial charge on any atom is -0.362 e. The first kappa shape index (κ1) is 18.6. The number of ketones is 2. The molecule has 0 amide bonds. The number of nitrogens with one attached hydrogen (secondary N) is 1. The van der Waals surface area contributed by atoms with E-state index in [-0.39, 0.29) is 28.3 Å². The van der Waals surface area contributed by atoms with Gasteiger partial charge in [0, 0.05) is 47.5 Å². The molecule has 27 heavy (non-hydrogen) atoms. The van der Waals surface area contributed by atoms with Crippen molar-refractivity contribution in [2.24, 2.45) is 10.8 Å². The van der Waals surface area contributed by atoms with Crippen molar-refractivity contribution >= 4 is 27.5 Å². The summed E-state index contributed by atoms with van der Waals surface area (Å²) in [5, 5.41) is 3.53. The summed E-state index contributed by atoms with van der Waals surface area (Å²) >= 11 is 3.55. The first-order valence-corrected chi connectivity index (χ1v) is 10.3. The summed E-state index contributed by atoms with van der Waals surface area (Å²) in [4.78, 5) is 30.7. The molecule has 0 atom stereocenters. The van der Waals surface area contributed by atoms with E-state index in [1.54, 1.807) is 6.20 Å². The molecule has 1 aromatic rings. The van der Waals surface area contributed by atoms with Crippen LogP contribution >= 0.6 is 15.9 Å². The van der Waals surface area contributed by atoms with Gasteiger partial charge < -0.3 is 5.32 Å². The molecule has 1 N–H and O–H groups in total. The second kappa shape index (κ2) is 6.13. The molecule has 1 aromatic heterocycles. The average molecular weight is 429 g/mol. The minimum atomic E-state index is -0.327. The van der Waals surface area contributed by atoms with Crippen LogP contribution < -0.4 is 5.32 Å². The smallest absolute Gasteiger partial charge is 0.162 e. The predicted molar refractivity (Wildman–Crippen MR) is 108 cm³/mol. The lowest BCUT2D eigenvalue weighted by Crippen LogP contribution is -2.42. The normalized spacial score (nSPS) is 24.5. The summed E-state index contributed by atoms with van der Waals surface area (Å²) < 4.78 is 0.700. The molecule has 142 valence electrons. The number of nitrogens with zero attached hydrogens (tertiary/aromatic N) is 1. The number of Topliss-reactive ketones (excluding diaryl/α,β-unsaturated/α-hetero) is 2. The summed E-state index contributed by atoms with van der Waals surface area (Å²) in [6.45, 7) is 8.52. The molecule has 0 unspecified atom stereocenters. The van der Waals surface area contributed by atoms with Gasteiger partial charge in [-0.1, -0.05) is 33.8 Å². The third-order valence-electron chi connectivity index (χ3n) is 5.82. The molecule has 4 nitrogen and oxygen atoms in total. The van der Waals surface area contributed by atoms with Crippen molar-refractivity contribution in [1.82, 2.24) is 10.3 Å². The van der Waals surface area contributed by atoms with E-state index in [1.807, 2.05) is 12.1 Å². The van der Waals surface area contributed by atoms with Gasteiger partial charge in [-0.3, -0.25) is 9.59 Å². The van der Waals surface area contributed by atoms with Crippen LogP contribution in [0.4, 0.5) is 0 Å². The Hall–Kier alpha value is -1.75. The van der Waals surface area contributed by atoms with Crippen LogP contribution in [0.25, 0.3) is 0 Å². The van der Waals surface area contributed by atoms with Crippen LogP contribution in [0.5, 0.6) is 0 Å². The van der Waals surface area contributed by atoms with Gasteiger partial charge in [0.2, 0.25) is 0 Å². The molecular weight excluding hydrogens is 404 g/mol. The molecule has 0 saturated carbocycles. The van der Waals surface area contributed by atoms with Crippen LogP contribution in [-0.4, -0.2) is 16.6 Å². The average Bonchev–Trinajstić information content (AvgIpc) is 2.51. The number of dihydropyridines is 1. The van der Waals surface area contributed by atoms with Gasteiger partial charge in [-0.15, -0.1) is 0 Å². The Morgan fingerprint density at radius 2 is 1.48 bits per heavy atom. The topological polar surface area (TPSA) is 59.1 Å². The van der Waals surface area contributed by atoms with E-state index in [0.717, 1.165) is 40.9 Å². The fourth-order valence-corrected chi connectivity index (χ4v) is 5.29. The van der Waals surface area contributed by atoms with Crippen molar-refractivity contribution in [1.29, 1.82) is 0 Å². The van der Waals surface area contributed by atoms with E-state index in [4.69, 9.17) is 0 Å². The van der Waals surface area contributed by atoms with Crippen LogP contribution in [0.15, 0.2) is 45.5 Å². The van der Waals surface area contributed by atoms with E-state index < -0.39 is 0 Å². The second-order valence-electron chi connectivity index (χ2n) is 9.61. The van der Waals surface area contributed by atoms with Crippen molar-refractivity contribution in [2.75, 3.05) is 0 Å². The number of pyridine rings is 1. The number of aromatic nitrogens is 1. The Kier molecular flexibility index (Phi) is 4.22. The molecule has 2 aliphatic carbocycles. The lowest BCUT2D eigenvalue weighted by molar-refractivity contribution is -0.119. The highest BCUT2D eigenvalue weighted by Gasteiger charge is 2.46. The van der Waals surface area contributed by atoms with E-state index in [9.17, 15) is 9.59 Å². The molecule has 0 saturated heterocycles. The Balaban J connectivity index is 1.94. The Labute approximate surface area is 168 Å². The van der Waals surface area contributed by atoms with Crippen molar-refractivity contribution in [3.8, 4) is 0 Å². The van der Waals surface area contributed by atoms with Gasteiger partial charge in [0.15, 0.2) is 11.6 Å². The van der Waals surface area contributed by atoms with Gasteiger partial charge in [0.25, 0.3) is 0 Å². The molecule has 0 bridgehead atoms. The quantitative estimate of drug-likeness (QED) is 0.651. The van der Waals surface area contributed by atoms with Gasteiger partial charge in [-0.2, -0.15) is 0 Å². The van der Waals surface area contributed by atoms with Gasteiger partial charge in [-0.05, 0) is 51.2 Å². The summed E-state index contributed by atoms with van der Waals surface area (Å²) in [5.74, 6) is -0.0519. The number of carbonyl (C=O) groups is 2. The van der Waals surface area contributed by atoms with E-state index >= 15 is 0 Å². The molecule has 4 rings (SSSR count). The highest BCUT2D eigenvalue weighted by Crippen LogP contribution is 2.51. The molecule has 2 heterocycles. The molecule has 0 fully saturated rings. The molecule has 1 aliphatic heterocycles. The SMILES string of the molecule is CC1(C)CC(=O)C2=C(C1)NC1=C(C(=O)CC(C)(C)C1)C2c1cccnc1Br. The van der Waals surface area contributed by atoms with Crippen LogP contribution in [-0.2, 0) is 9.59 Å². The number of carbonyl (C=O) groups excluding carboxylic acids is 2. The van der Waals surface area contributed by atoms with Gasteiger partial charge >= 0.3 is 0 Å². The Morgan fingerprint density at radius 3 is 1.96 bits per heavy atom. The summed E-state index contributed by atoms with van der Waals surface area (Å²) in [5.41, 5.74) is 4.24. The van der Waals surface area contributed by atoms with E-state index in [1.165, 1.54) is 0 Å². The maximum atomic E-state index is 13.2. The van der Waals surface area contributed by atoms with Gasteiger partial charge in [0.05, 0.1) is 0 Å². The standard InChI is InChI=1S/C22H25BrN2O2/c1-21(2)8-13-18(15(26)10-21)17(12-6-5-7-24-20(12)23)19-14(25-13)9-22(3,4)11-16(19)27/h5-7,17,25H,8-11H2,1-4H3. The lowest BCUT2D eigenvalue weighted by atomic mass is 9.64. The second-order valence-corrected chi connectivity index (χ2v) is 10.4. The number of allylic oxidation sites excluding steroid dienone is 4. The largest absolute Gasteiger partial charge is 0.362 e. The molecule has 3 aliphatic rings. The van der Waals surface area contributed by atoms with Crippen LogP contribution in [0.2, 0.25) is 0 Å². The summed E-state index contributed by atoms with van der Waals surface area (Å²) in [6.07, 6.45) is 4.35. The number of hydrogen-bond acceptors (Lipinski definition) is 4. The molecular formula is C22H25BrN2O2. The van der Waals surface area contributed by atoms with E-state index in [2.05, 4.69) is 53.9 Å². The molecule has 0 aromatic carbocycles. The Morgan fingerprint density at radius 1 is 0.963 bits per heavy atom. The summed E-state index contributed by atoms with van der Waals surface area (Å²) in [6, 6.07) is 3.85. The fraction of sp³-hybridized carbons (Fsp3) is 0.500. The maximum Gasteiger partial charge on any atom is 0.162 e. The van der Waals surface area contributed by atoms with Crippen molar-refractivity contribution < 1.29 is 9.59 Å². The van der Waals surface area contributed by atoms with Gasteiger partial charge in [0.1, 0.15) is 4.60 Å². The summed E-state index contributed by atoms with van der Waals surface area (Å²) in [7, 11) is 0. The third-order valence-corrected chi connectivity index (χ3v) is 6.48. The van der Waals surface area contributed by atoms with Crippen LogP contribution in [0, 0.1) is 10.8 Å². The van der Waals surface area contributed by atoms with Gasteiger partial charge in [-0.25, -0.2) is 4.98 Å². The highest BCUT2D eigenvalue weighted by molar-refractivity contribution is 9.10. The molecule has 0 radical (unpaired) electrons.